The molecule has 1 aromatic rings. The monoisotopic (exact) mass is 148 g/mol. The summed E-state index contributed by atoms with van der Waals surface area (Å²) in [6.45, 7) is 3.50. The minimum Gasteiger partial charge on any atom is -0.214 e. The van der Waals surface area contributed by atoms with Crippen LogP contribution in [0.3, 0.4) is 0 Å². The summed E-state index contributed by atoms with van der Waals surface area (Å²) in [6.07, 6.45) is 0. The second-order valence-electron chi connectivity index (χ2n) is 2.37. The van der Waals surface area contributed by atoms with Gasteiger partial charge >= 0.3 is 5.91 Å². The summed E-state index contributed by atoms with van der Waals surface area (Å²) in [5.41, 5.74) is 0.671. The number of nitrogens with zero attached hydrogens (tertiary/aromatic N) is 1. The quantitative estimate of drug-likeness (QED) is 0.432. The predicted octanol–water partition coefficient (Wildman–Crippen LogP) is 1.17. The van der Waals surface area contributed by atoms with E-state index in [1.54, 1.807) is 19.2 Å². The van der Waals surface area contributed by atoms with E-state index in [1.165, 1.54) is 4.58 Å². The number of rotatable bonds is 1. The van der Waals surface area contributed by atoms with E-state index < -0.39 is 0 Å². The standard InChI is InChI=1S/C9H10NO/c1-10(2)9(11)8-6-4-3-5-7-8/h3-7H,1H2,2H3/q+1. The van der Waals surface area contributed by atoms with Crippen molar-refractivity contribution in [1.29, 1.82) is 0 Å². The molecule has 0 N–H and O–H groups in total. The van der Waals surface area contributed by atoms with E-state index in [-0.39, 0.29) is 5.91 Å². The fraction of sp³-hybridized carbons (Fsp3) is 0.111. The first-order valence-electron chi connectivity index (χ1n) is 3.35. The van der Waals surface area contributed by atoms with Crippen LogP contribution >= 0.6 is 0 Å². The van der Waals surface area contributed by atoms with Gasteiger partial charge in [0.15, 0.2) is 0 Å². The maximum absolute atomic E-state index is 11.2. The lowest BCUT2D eigenvalue weighted by atomic mass is 10.2. The van der Waals surface area contributed by atoms with Crippen LogP contribution < -0.4 is 0 Å². The molecule has 0 aliphatic heterocycles. The number of hydrogen-bond donors (Lipinski definition) is 0. The third-order valence-corrected chi connectivity index (χ3v) is 1.37. The normalized spacial score (nSPS) is 9.18. The summed E-state index contributed by atoms with van der Waals surface area (Å²) in [7, 11) is 1.63. The largest absolute Gasteiger partial charge is 0.418 e. The average Bonchev–Trinajstić information content (AvgIpc) is 2.05. The second kappa shape index (κ2) is 3.10. The van der Waals surface area contributed by atoms with Crippen molar-refractivity contribution < 1.29 is 9.37 Å². The van der Waals surface area contributed by atoms with E-state index in [1.807, 2.05) is 18.2 Å². The predicted molar refractivity (Wildman–Crippen MR) is 44.1 cm³/mol. The summed E-state index contributed by atoms with van der Waals surface area (Å²) >= 11 is 0. The molecule has 0 unspecified atom stereocenters. The van der Waals surface area contributed by atoms with E-state index >= 15 is 0 Å². The van der Waals surface area contributed by atoms with Gasteiger partial charge < -0.3 is 0 Å². The summed E-state index contributed by atoms with van der Waals surface area (Å²) in [5.74, 6) is -0.0643. The zero-order chi connectivity index (χ0) is 8.27. The van der Waals surface area contributed by atoms with E-state index in [0.717, 1.165) is 0 Å². The molecule has 11 heavy (non-hydrogen) atoms. The smallest absolute Gasteiger partial charge is 0.214 e. The van der Waals surface area contributed by atoms with Gasteiger partial charge in [-0.2, -0.15) is 4.58 Å². The maximum atomic E-state index is 11.2. The molecular formula is C9H10NO+. The number of amides is 1. The Balaban J connectivity index is 2.95. The van der Waals surface area contributed by atoms with Gasteiger partial charge in [0.05, 0.1) is 5.56 Å². The Morgan fingerprint density at radius 1 is 1.36 bits per heavy atom. The highest BCUT2D eigenvalue weighted by molar-refractivity contribution is 5.88. The third-order valence-electron chi connectivity index (χ3n) is 1.37. The second-order valence-corrected chi connectivity index (χ2v) is 2.37. The van der Waals surface area contributed by atoms with Crippen LogP contribution in [0.5, 0.6) is 0 Å². The number of benzene rings is 1. The number of carbonyl (C=O) groups is 1. The minimum absolute atomic E-state index is 0.0643. The first-order chi connectivity index (χ1) is 5.22. The van der Waals surface area contributed by atoms with Crippen molar-refractivity contribution in [2.75, 3.05) is 7.05 Å². The molecule has 1 rings (SSSR count). The molecule has 0 fully saturated rings. The van der Waals surface area contributed by atoms with E-state index in [0.29, 0.717) is 5.56 Å². The summed E-state index contributed by atoms with van der Waals surface area (Å²) in [4.78, 5) is 11.2. The zero-order valence-corrected chi connectivity index (χ0v) is 6.45. The van der Waals surface area contributed by atoms with Crippen molar-refractivity contribution in [2.24, 2.45) is 0 Å². The van der Waals surface area contributed by atoms with Crippen LogP contribution in [0.4, 0.5) is 0 Å². The van der Waals surface area contributed by atoms with Crippen molar-refractivity contribution >= 4 is 12.6 Å². The van der Waals surface area contributed by atoms with E-state index in [2.05, 4.69) is 6.72 Å². The molecule has 0 saturated heterocycles. The molecule has 56 valence electrons. The highest BCUT2D eigenvalue weighted by Crippen LogP contribution is 1.98. The van der Waals surface area contributed by atoms with Crippen LogP contribution in [0, 0.1) is 0 Å². The Morgan fingerprint density at radius 2 is 1.91 bits per heavy atom. The molecule has 0 atom stereocenters. The molecule has 0 spiro atoms. The van der Waals surface area contributed by atoms with E-state index in [9.17, 15) is 4.79 Å². The number of carbonyl (C=O) groups excluding carboxylic acids is 1. The molecule has 1 aromatic carbocycles. The van der Waals surface area contributed by atoms with Gasteiger partial charge in [0.25, 0.3) is 0 Å². The third kappa shape index (κ3) is 1.74. The molecule has 2 nitrogen and oxygen atoms in total. The molecule has 1 amide bonds. The fourth-order valence-corrected chi connectivity index (χ4v) is 0.801. The van der Waals surface area contributed by atoms with Gasteiger partial charge in [0.1, 0.15) is 13.8 Å². The molecule has 0 aromatic heterocycles. The van der Waals surface area contributed by atoms with Crippen molar-refractivity contribution in [2.45, 2.75) is 0 Å². The first kappa shape index (κ1) is 7.66. The molecule has 2 heteroatoms. The first-order valence-corrected chi connectivity index (χ1v) is 3.35. The maximum Gasteiger partial charge on any atom is 0.418 e. The fourth-order valence-electron chi connectivity index (χ4n) is 0.801. The Morgan fingerprint density at radius 3 is 2.36 bits per heavy atom. The van der Waals surface area contributed by atoms with Crippen molar-refractivity contribution in [3.8, 4) is 0 Å². The molecule has 0 aliphatic carbocycles. The van der Waals surface area contributed by atoms with Gasteiger partial charge in [-0.1, -0.05) is 18.2 Å². The lowest BCUT2D eigenvalue weighted by molar-refractivity contribution is -0.384. The molecular weight excluding hydrogens is 138 g/mol. The topological polar surface area (TPSA) is 20.1 Å². The number of hydrogen-bond acceptors (Lipinski definition) is 1. The summed E-state index contributed by atoms with van der Waals surface area (Å²) in [5, 5.41) is 0. The van der Waals surface area contributed by atoms with Crippen LogP contribution in [-0.4, -0.2) is 24.2 Å². The van der Waals surface area contributed by atoms with Crippen LogP contribution in [0.25, 0.3) is 0 Å². The van der Waals surface area contributed by atoms with Gasteiger partial charge in [-0.15, -0.1) is 0 Å². The van der Waals surface area contributed by atoms with Gasteiger partial charge in [0.2, 0.25) is 0 Å². The van der Waals surface area contributed by atoms with Crippen LogP contribution in [0.2, 0.25) is 0 Å². The van der Waals surface area contributed by atoms with Gasteiger partial charge in [-0.25, -0.2) is 4.79 Å². The Kier molecular flexibility index (Phi) is 2.16. The van der Waals surface area contributed by atoms with Crippen LogP contribution in [0.1, 0.15) is 10.4 Å². The summed E-state index contributed by atoms with van der Waals surface area (Å²) < 4.78 is 1.31. The summed E-state index contributed by atoms with van der Waals surface area (Å²) in [6, 6.07) is 9.07. The SMILES string of the molecule is C=[N+](C)C(=O)c1ccccc1. The zero-order valence-electron chi connectivity index (χ0n) is 6.45. The molecule has 0 radical (unpaired) electrons. The Labute approximate surface area is 65.8 Å². The van der Waals surface area contributed by atoms with E-state index in [4.69, 9.17) is 0 Å². The van der Waals surface area contributed by atoms with Gasteiger partial charge in [-0.05, 0) is 12.1 Å². The highest BCUT2D eigenvalue weighted by atomic mass is 16.2. The Hall–Kier alpha value is -1.44. The van der Waals surface area contributed by atoms with Crippen LogP contribution in [-0.2, 0) is 0 Å². The average molecular weight is 148 g/mol. The lowest BCUT2D eigenvalue weighted by Gasteiger charge is -1.91. The van der Waals surface area contributed by atoms with Crippen LogP contribution in [0.15, 0.2) is 30.3 Å². The lowest BCUT2D eigenvalue weighted by Crippen LogP contribution is -2.13. The Bertz CT molecular complexity index is 277. The minimum atomic E-state index is -0.0643. The molecule has 0 bridgehead atoms. The van der Waals surface area contributed by atoms with Gasteiger partial charge in [-0.3, -0.25) is 0 Å². The van der Waals surface area contributed by atoms with Crippen molar-refractivity contribution in [1.82, 2.24) is 0 Å². The molecule has 0 heterocycles. The van der Waals surface area contributed by atoms with Crippen molar-refractivity contribution in [3.05, 3.63) is 35.9 Å². The molecule has 0 saturated carbocycles. The highest BCUT2D eigenvalue weighted by Gasteiger charge is 2.11. The van der Waals surface area contributed by atoms with Crippen molar-refractivity contribution in [3.63, 3.8) is 0 Å². The molecule has 0 aliphatic rings. The van der Waals surface area contributed by atoms with Gasteiger partial charge in [0, 0.05) is 0 Å².